The zero-order chi connectivity index (χ0) is 17.4. The average Bonchev–Trinajstić information content (AvgIpc) is 2.57. The first-order chi connectivity index (χ1) is 11.6. The highest BCUT2D eigenvalue weighted by Gasteiger charge is 2.13. The minimum atomic E-state index is -0.469. The fourth-order valence-electron chi connectivity index (χ4n) is 2.58. The molecule has 2 aromatic carbocycles. The zero-order valence-corrected chi connectivity index (χ0v) is 13.7. The summed E-state index contributed by atoms with van der Waals surface area (Å²) in [6, 6.07) is 12.7. The number of aliphatic hydroxyl groups is 1. The van der Waals surface area contributed by atoms with E-state index in [0.29, 0.717) is 26.1 Å². The summed E-state index contributed by atoms with van der Waals surface area (Å²) in [6.45, 7) is 5.33. The van der Waals surface area contributed by atoms with Gasteiger partial charge in [-0.25, -0.2) is 8.78 Å². The van der Waals surface area contributed by atoms with Crippen LogP contribution in [0.15, 0.2) is 61.2 Å². The molecule has 0 bridgehead atoms. The van der Waals surface area contributed by atoms with Crippen LogP contribution < -0.4 is 0 Å². The fraction of sp³-hybridized carbons (Fsp3) is 0.300. The molecule has 0 aliphatic rings. The first-order valence-corrected chi connectivity index (χ1v) is 8.07. The van der Waals surface area contributed by atoms with Crippen molar-refractivity contribution in [2.45, 2.75) is 32.0 Å². The Morgan fingerprint density at radius 3 is 1.79 bits per heavy atom. The molecule has 2 aromatic rings. The van der Waals surface area contributed by atoms with E-state index >= 15 is 0 Å². The maximum Gasteiger partial charge on any atom is 0.123 e. The van der Waals surface area contributed by atoms with E-state index in [9.17, 15) is 13.9 Å². The van der Waals surface area contributed by atoms with Crippen LogP contribution in [0.3, 0.4) is 0 Å². The largest absolute Gasteiger partial charge is 0.392 e. The Hall–Kier alpha value is -2.04. The molecule has 0 fully saturated rings. The van der Waals surface area contributed by atoms with E-state index in [1.807, 2.05) is 0 Å². The van der Waals surface area contributed by atoms with Crippen LogP contribution in [0.2, 0.25) is 0 Å². The lowest BCUT2D eigenvalue weighted by Crippen LogP contribution is -2.31. The van der Waals surface area contributed by atoms with E-state index in [2.05, 4.69) is 11.5 Å². The molecule has 0 aliphatic heterocycles. The molecule has 0 unspecified atom stereocenters. The number of benzene rings is 2. The van der Waals surface area contributed by atoms with Gasteiger partial charge in [0.1, 0.15) is 11.6 Å². The van der Waals surface area contributed by atoms with Crippen LogP contribution in [0.4, 0.5) is 8.78 Å². The predicted molar refractivity (Wildman–Crippen MR) is 92.4 cm³/mol. The minimum absolute atomic E-state index is 0.269. The van der Waals surface area contributed by atoms with E-state index < -0.39 is 6.10 Å². The normalized spacial score (nSPS) is 12.3. The van der Waals surface area contributed by atoms with Crippen molar-refractivity contribution in [1.29, 1.82) is 0 Å². The molecule has 4 heteroatoms. The Morgan fingerprint density at radius 2 is 1.38 bits per heavy atom. The highest BCUT2D eigenvalue weighted by Crippen LogP contribution is 2.13. The number of hydrogen-bond donors (Lipinski definition) is 1. The topological polar surface area (TPSA) is 23.5 Å². The van der Waals surface area contributed by atoms with Crippen molar-refractivity contribution < 1.29 is 13.9 Å². The van der Waals surface area contributed by atoms with Crippen LogP contribution in [0.25, 0.3) is 0 Å². The molecule has 0 radical (unpaired) electrons. The van der Waals surface area contributed by atoms with Gasteiger partial charge in [0.15, 0.2) is 0 Å². The highest BCUT2D eigenvalue weighted by atomic mass is 19.1. The van der Waals surface area contributed by atoms with Crippen LogP contribution in [0.5, 0.6) is 0 Å². The zero-order valence-electron chi connectivity index (χ0n) is 13.7. The average molecular weight is 331 g/mol. The maximum absolute atomic E-state index is 13.1. The van der Waals surface area contributed by atoms with Gasteiger partial charge in [-0.3, -0.25) is 4.90 Å². The quantitative estimate of drug-likeness (QED) is 0.693. The molecule has 2 nitrogen and oxygen atoms in total. The summed E-state index contributed by atoms with van der Waals surface area (Å²) < 4.78 is 26.1. The lowest BCUT2D eigenvalue weighted by molar-refractivity contribution is 0.0984. The highest BCUT2D eigenvalue weighted by molar-refractivity contribution is 5.18. The van der Waals surface area contributed by atoms with Crippen molar-refractivity contribution in [2.24, 2.45) is 0 Å². The molecule has 2 rings (SSSR count). The van der Waals surface area contributed by atoms with E-state index in [-0.39, 0.29) is 11.6 Å². The number of halogens is 2. The van der Waals surface area contributed by atoms with E-state index in [1.165, 1.54) is 24.3 Å². The van der Waals surface area contributed by atoms with E-state index in [4.69, 9.17) is 0 Å². The van der Waals surface area contributed by atoms with Crippen molar-refractivity contribution in [3.05, 3.63) is 83.9 Å². The van der Waals surface area contributed by atoms with Crippen molar-refractivity contribution in [2.75, 3.05) is 6.54 Å². The third-order valence-corrected chi connectivity index (χ3v) is 3.81. The van der Waals surface area contributed by atoms with Crippen LogP contribution in [-0.4, -0.2) is 22.7 Å². The van der Waals surface area contributed by atoms with Gasteiger partial charge in [-0.1, -0.05) is 30.3 Å². The summed E-state index contributed by atoms with van der Waals surface area (Å²) in [7, 11) is 0. The third-order valence-electron chi connectivity index (χ3n) is 3.81. The van der Waals surface area contributed by atoms with Crippen molar-refractivity contribution in [1.82, 2.24) is 4.90 Å². The van der Waals surface area contributed by atoms with Gasteiger partial charge in [0, 0.05) is 19.6 Å². The maximum atomic E-state index is 13.1. The van der Waals surface area contributed by atoms with Gasteiger partial charge < -0.3 is 5.11 Å². The molecule has 128 valence electrons. The molecule has 24 heavy (non-hydrogen) atoms. The smallest absolute Gasteiger partial charge is 0.123 e. The van der Waals surface area contributed by atoms with Gasteiger partial charge in [0.25, 0.3) is 0 Å². The first kappa shape index (κ1) is 18.3. The lowest BCUT2D eigenvalue weighted by atomic mass is 10.1. The lowest BCUT2D eigenvalue weighted by Gasteiger charge is -2.25. The third kappa shape index (κ3) is 6.22. The summed E-state index contributed by atoms with van der Waals surface area (Å²) in [5.41, 5.74) is 1.93. The molecule has 0 spiro atoms. The summed E-state index contributed by atoms with van der Waals surface area (Å²) in [6.07, 6.45) is 2.71. The van der Waals surface area contributed by atoms with Gasteiger partial charge in [-0.2, -0.15) is 0 Å². The standard InChI is InChI=1S/C20H23F2NO/c1-2-3-4-20(24)15-23(13-16-5-9-18(21)10-6-16)14-17-7-11-19(22)12-8-17/h2,5-12,20,24H,1,3-4,13-15H2/t20-/m1/s1. The Bertz CT molecular complexity index is 578. The van der Waals surface area contributed by atoms with Crippen molar-refractivity contribution >= 4 is 0 Å². The van der Waals surface area contributed by atoms with Gasteiger partial charge in [0.05, 0.1) is 6.10 Å². The molecular formula is C20H23F2NO. The number of aliphatic hydroxyl groups excluding tert-OH is 1. The second-order valence-corrected chi connectivity index (χ2v) is 5.94. The Morgan fingerprint density at radius 1 is 0.917 bits per heavy atom. The van der Waals surface area contributed by atoms with Crippen molar-refractivity contribution in [3.63, 3.8) is 0 Å². The van der Waals surface area contributed by atoms with Crippen LogP contribution in [0.1, 0.15) is 24.0 Å². The molecule has 0 saturated heterocycles. The summed E-state index contributed by atoms with van der Waals surface area (Å²) in [5, 5.41) is 10.2. The summed E-state index contributed by atoms with van der Waals surface area (Å²) in [5.74, 6) is -0.537. The van der Waals surface area contributed by atoms with Crippen LogP contribution in [0, 0.1) is 11.6 Å². The Balaban J connectivity index is 2.05. The second-order valence-electron chi connectivity index (χ2n) is 5.94. The molecule has 0 heterocycles. The number of nitrogens with zero attached hydrogens (tertiary/aromatic N) is 1. The van der Waals surface area contributed by atoms with Crippen LogP contribution >= 0.6 is 0 Å². The van der Waals surface area contributed by atoms with E-state index in [1.54, 1.807) is 30.3 Å². The van der Waals surface area contributed by atoms with Gasteiger partial charge in [-0.15, -0.1) is 6.58 Å². The van der Waals surface area contributed by atoms with Crippen molar-refractivity contribution in [3.8, 4) is 0 Å². The summed E-state index contributed by atoms with van der Waals surface area (Å²) in [4.78, 5) is 2.08. The number of allylic oxidation sites excluding steroid dienone is 1. The van der Waals surface area contributed by atoms with Gasteiger partial charge in [0.2, 0.25) is 0 Å². The molecule has 0 amide bonds. The van der Waals surface area contributed by atoms with Gasteiger partial charge in [-0.05, 0) is 48.2 Å². The van der Waals surface area contributed by atoms with Gasteiger partial charge >= 0.3 is 0 Å². The number of hydrogen-bond acceptors (Lipinski definition) is 2. The molecule has 0 aliphatic carbocycles. The van der Waals surface area contributed by atoms with Crippen LogP contribution in [-0.2, 0) is 13.1 Å². The first-order valence-electron chi connectivity index (χ1n) is 8.07. The second kappa shape index (κ2) is 9.30. The Kier molecular flexibility index (Phi) is 7.09. The monoisotopic (exact) mass is 331 g/mol. The SMILES string of the molecule is C=CCC[C@@H](O)CN(Cc1ccc(F)cc1)Cc1ccc(F)cc1. The van der Waals surface area contributed by atoms with E-state index in [0.717, 1.165) is 17.5 Å². The summed E-state index contributed by atoms with van der Waals surface area (Å²) >= 11 is 0. The number of rotatable bonds is 9. The predicted octanol–water partition coefficient (Wildman–Crippen LogP) is 4.29. The Labute approximate surface area is 142 Å². The molecule has 0 saturated carbocycles. The molecule has 1 atom stereocenters. The molecular weight excluding hydrogens is 308 g/mol. The molecule has 0 aromatic heterocycles. The minimum Gasteiger partial charge on any atom is -0.392 e. The molecule has 1 N–H and O–H groups in total. The fourth-order valence-corrected chi connectivity index (χ4v) is 2.58.